The molecule has 3 atom stereocenters. The molecule has 2 N–H and O–H groups in total. The zero-order chi connectivity index (χ0) is 15.5. The van der Waals surface area contributed by atoms with Crippen LogP contribution in [-0.4, -0.2) is 29.0 Å². The van der Waals surface area contributed by atoms with E-state index in [0.29, 0.717) is 5.41 Å². The molecular weight excluding hydrogens is 258 g/mol. The van der Waals surface area contributed by atoms with Crippen molar-refractivity contribution in [1.82, 2.24) is 9.88 Å². The molecule has 3 nitrogen and oxygen atoms in total. The van der Waals surface area contributed by atoms with Crippen LogP contribution in [0.1, 0.15) is 58.6 Å². The van der Waals surface area contributed by atoms with Gasteiger partial charge in [-0.2, -0.15) is 0 Å². The van der Waals surface area contributed by atoms with E-state index in [2.05, 4.69) is 43.6 Å². The summed E-state index contributed by atoms with van der Waals surface area (Å²) in [6.45, 7) is 11.5. The highest BCUT2D eigenvalue weighted by Gasteiger charge is 2.31. The standard InChI is InChI=1S/C18H31N3/c1-14(19)17(15-7-5-10-20-13-15)21-11-6-8-16(9-12-21)18(2,3)4/h5,7,10,13-14,16-17H,6,8-9,11-12,19H2,1-4H3. The van der Waals surface area contributed by atoms with Gasteiger partial charge in [0.1, 0.15) is 0 Å². The smallest absolute Gasteiger partial charge is 0.0511 e. The maximum Gasteiger partial charge on any atom is 0.0511 e. The number of nitrogens with two attached hydrogens (primary N) is 1. The Morgan fingerprint density at radius 1 is 1.29 bits per heavy atom. The molecule has 1 fully saturated rings. The fourth-order valence-corrected chi connectivity index (χ4v) is 3.66. The van der Waals surface area contributed by atoms with Crippen molar-refractivity contribution < 1.29 is 0 Å². The topological polar surface area (TPSA) is 42.1 Å². The Balaban J connectivity index is 2.12. The third-order valence-corrected chi connectivity index (χ3v) is 4.90. The van der Waals surface area contributed by atoms with Crippen molar-refractivity contribution >= 4 is 0 Å². The van der Waals surface area contributed by atoms with E-state index in [-0.39, 0.29) is 12.1 Å². The van der Waals surface area contributed by atoms with E-state index in [4.69, 9.17) is 5.73 Å². The summed E-state index contributed by atoms with van der Waals surface area (Å²) in [4.78, 5) is 6.86. The van der Waals surface area contributed by atoms with Gasteiger partial charge in [0, 0.05) is 18.4 Å². The fraction of sp³-hybridized carbons (Fsp3) is 0.722. The SMILES string of the molecule is CC(N)C(c1cccnc1)N1CCCC(C(C)(C)C)CC1. The molecule has 1 aromatic heterocycles. The molecule has 0 amide bonds. The van der Waals surface area contributed by atoms with Crippen LogP contribution in [-0.2, 0) is 0 Å². The minimum Gasteiger partial charge on any atom is -0.326 e. The number of pyridine rings is 1. The van der Waals surface area contributed by atoms with Crippen LogP contribution in [0.2, 0.25) is 0 Å². The summed E-state index contributed by atoms with van der Waals surface area (Å²) in [5.41, 5.74) is 7.96. The van der Waals surface area contributed by atoms with Crippen molar-refractivity contribution in [3.63, 3.8) is 0 Å². The summed E-state index contributed by atoms with van der Waals surface area (Å²) < 4.78 is 0. The summed E-state index contributed by atoms with van der Waals surface area (Å²) >= 11 is 0. The average molecular weight is 289 g/mol. The normalized spacial score (nSPS) is 24.3. The van der Waals surface area contributed by atoms with Gasteiger partial charge in [0.25, 0.3) is 0 Å². The lowest BCUT2D eigenvalue weighted by molar-refractivity contribution is 0.167. The summed E-state index contributed by atoms with van der Waals surface area (Å²) in [5.74, 6) is 0.810. The quantitative estimate of drug-likeness (QED) is 0.924. The highest BCUT2D eigenvalue weighted by atomic mass is 15.2. The third-order valence-electron chi connectivity index (χ3n) is 4.90. The predicted molar refractivity (Wildman–Crippen MR) is 89.0 cm³/mol. The van der Waals surface area contributed by atoms with Crippen molar-refractivity contribution in [2.45, 2.75) is 59.0 Å². The third kappa shape index (κ3) is 4.27. The van der Waals surface area contributed by atoms with Crippen LogP contribution in [0.3, 0.4) is 0 Å². The van der Waals surface area contributed by atoms with Gasteiger partial charge in [-0.1, -0.05) is 26.8 Å². The van der Waals surface area contributed by atoms with Crippen molar-refractivity contribution in [1.29, 1.82) is 0 Å². The lowest BCUT2D eigenvalue weighted by atomic mass is 9.77. The molecular formula is C18H31N3. The highest BCUT2D eigenvalue weighted by Crippen LogP contribution is 2.36. The van der Waals surface area contributed by atoms with Gasteiger partial charge in [0.05, 0.1) is 6.04 Å². The zero-order valence-electron chi connectivity index (χ0n) is 14.0. The van der Waals surface area contributed by atoms with Crippen LogP contribution >= 0.6 is 0 Å². The first-order chi connectivity index (χ1) is 9.89. The Hall–Kier alpha value is -0.930. The largest absolute Gasteiger partial charge is 0.326 e. The van der Waals surface area contributed by atoms with Crippen LogP contribution < -0.4 is 5.73 Å². The second kappa shape index (κ2) is 6.89. The molecule has 0 saturated carbocycles. The molecule has 0 aromatic carbocycles. The molecule has 0 spiro atoms. The Labute approximate surface area is 129 Å². The van der Waals surface area contributed by atoms with Crippen molar-refractivity contribution in [2.75, 3.05) is 13.1 Å². The van der Waals surface area contributed by atoms with Gasteiger partial charge in [0.15, 0.2) is 0 Å². The lowest BCUT2D eigenvalue weighted by Crippen LogP contribution is -2.40. The first-order valence-corrected chi connectivity index (χ1v) is 8.29. The second-order valence-corrected chi connectivity index (χ2v) is 7.62. The number of likely N-dealkylation sites (tertiary alicyclic amines) is 1. The maximum absolute atomic E-state index is 6.30. The molecule has 1 saturated heterocycles. The van der Waals surface area contributed by atoms with Crippen molar-refractivity contribution in [3.05, 3.63) is 30.1 Å². The molecule has 118 valence electrons. The molecule has 0 aliphatic carbocycles. The van der Waals surface area contributed by atoms with Crippen molar-refractivity contribution in [2.24, 2.45) is 17.1 Å². The number of hydrogen-bond acceptors (Lipinski definition) is 3. The van der Waals surface area contributed by atoms with E-state index in [9.17, 15) is 0 Å². The van der Waals surface area contributed by atoms with Crippen molar-refractivity contribution in [3.8, 4) is 0 Å². The summed E-state index contributed by atoms with van der Waals surface area (Å²) in [7, 11) is 0. The van der Waals surface area contributed by atoms with Crippen LogP contribution in [0.4, 0.5) is 0 Å². The Morgan fingerprint density at radius 2 is 2.05 bits per heavy atom. The van der Waals surface area contributed by atoms with E-state index < -0.39 is 0 Å². The lowest BCUT2D eigenvalue weighted by Gasteiger charge is -2.34. The monoisotopic (exact) mass is 289 g/mol. The molecule has 0 radical (unpaired) electrons. The van der Waals surface area contributed by atoms with E-state index >= 15 is 0 Å². The average Bonchev–Trinajstić information content (AvgIpc) is 2.65. The van der Waals surface area contributed by atoms with Gasteiger partial charge in [0.2, 0.25) is 0 Å². The second-order valence-electron chi connectivity index (χ2n) is 7.62. The van der Waals surface area contributed by atoms with E-state index in [0.717, 1.165) is 19.0 Å². The fourth-order valence-electron chi connectivity index (χ4n) is 3.66. The number of rotatable bonds is 3. The molecule has 1 aliphatic rings. The Morgan fingerprint density at radius 3 is 2.62 bits per heavy atom. The maximum atomic E-state index is 6.30. The summed E-state index contributed by atoms with van der Waals surface area (Å²) in [6.07, 6.45) is 7.68. The van der Waals surface area contributed by atoms with Crippen LogP contribution in [0.25, 0.3) is 0 Å². The number of nitrogens with zero attached hydrogens (tertiary/aromatic N) is 2. The number of hydrogen-bond donors (Lipinski definition) is 1. The van der Waals surface area contributed by atoms with E-state index in [1.807, 2.05) is 18.5 Å². The molecule has 3 unspecified atom stereocenters. The molecule has 2 rings (SSSR count). The molecule has 1 aromatic rings. The minimum absolute atomic E-state index is 0.125. The first-order valence-electron chi connectivity index (χ1n) is 8.29. The highest BCUT2D eigenvalue weighted by molar-refractivity contribution is 5.16. The van der Waals surface area contributed by atoms with Gasteiger partial charge in [-0.3, -0.25) is 9.88 Å². The van der Waals surface area contributed by atoms with Gasteiger partial charge in [-0.25, -0.2) is 0 Å². The molecule has 21 heavy (non-hydrogen) atoms. The van der Waals surface area contributed by atoms with Crippen LogP contribution in [0.15, 0.2) is 24.5 Å². The first kappa shape index (κ1) is 16.4. The molecule has 2 heterocycles. The van der Waals surface area contributed by atoms with E-state index in [1.165, 1.54) is 24.8 Å². The molecule has 1 aliphatic heterocycles. The summed E-state index contributed by atoms with van der Waals surface area (Å²) in [5, 5.41) is 0. The van der Waals surface area contributed by atoms with Gasteiger partial charge in [-0.15, -0.1) is 0 Å². The van der Waals surface area contributed by atoms with Crippen LogP contribution in [0, 0.1) is 11.3 Å². The Bertz CT molecular complexity index is 422. The molecule has 0 bridgehead atoms. The van der Waals surface area contributed by atoms with Gasteiger partial charge >= 0.3 is 0 Å². The zero-order valence-corrected chi connectivity index (χ0v) is 14.0. The van der Waals surface area contributed by atoms with E-state index in [1.54, 1.807) is 0 Å². The van der Waals surface area contributed by atoms with Gasteiger partial charge in [-0.05, 0) is 62.2 Å². The van der Waals surface area contributed by atoms with Crippen LogP contribution in [0.5, 0.6) is 0 Å². The Kier molecular flexibility index (Phi) is 5.39. The molecule has 3 heteroatoms. The number of aromatic nitrogens is 1. The van der Waals surface area contributed by atoms with Gasteiger partial charge < -0.3 is 5.73 Å². The minimum atomic E-state index is 0.125. The summed E-state index contributed by atoms with van der Waals surface area (Å²) in [6, 6.07) is 4.59. The predicted octanol–water partition coefficient (Wildman–Crippen LogP) is 3.62.